The van der Waals surface area contributed by atoms with Gasteiger partial charge in [0.25, 0.3) is 29.6 Å². The van der Waals surface area contributed by atoms with Crippen LogP contribution in [0.5, 0.6) is 0 Å². The van der Waals surface area contributed by atoms with E-state index < -0.39 is 40.9 Å². The minimum absolute atomic E-state index is 0.0225. The fourth-order valence-corrected chi connectivity index (χ4v) is 6.91. The Bertz CT molecular complexity index is 3540. The Morgan fingerprint density at radius 1 is 0.632 bits per heavy atom. The number of aromatic nitrogens is 9. The number of hydrogen-bond donors (Lipinski definition) is 4. The van der Waals surface area contributed by atoms with E-state index in [9.17, 15) is 37.5 Å². The maximum absolute atomic E-state index is 13.6. The van der Waals surface area contributed by atoms with E-state index in [1.807, 2.05) is 13.8 Å². The van der Waals surface area contributed by atoms with E-state index in [0.29, 0.717) is 27.8 Å². The molecule has 0 saturated heterocycles. The molecule has 0 atom stereocenters. The second-order valence-electron chi connectivity index (χ2n) is 15.8. The van der Waals surface area contributed by atoms with Crippen molar-refractivity contribution in [1.82, 2.24) is 64.6 Å². The van der Waals surface area contributed by atoms with Crippen LogP contribution in [0, 0.1) is 0 Å². The van der Waals surface area contributed by atoms with E-state index in [4.69, 9.17) is 8.83 Å². The first-order valence-corrected chi connectivity index (χ1v) is 20.8. The quantitative estimate of drug-likeness (QED) is 0.136. The first kappa shape index (κ1) is 45.7. The molecule has 21 nitrogen and oxygen atoms in total. The fourth-order valence-electron chi connectivity index (χ4n) is 6.91. The molecule has 9 rings (SSSR count). The van der Waals surface area contributed by atoms with Crippen molar-refractivity contribution in [3.8, 4) is 0 Å². The van der Waals surface area contributed by atoms with Gasteiger partial charge in [-0.15, -0.1) is 0 Å². The van der Waals surface area contributed by atoms with Crippen LogP contribution in [0.4, 0.5) is 8.78 Å². The van der Waals surface area contributed by atoms with Crippen LogP contribution in [0.2, 0.25) is 0 Å². The number of benzene rings is 2. The van der Waals surface area contributed by atoms with E-state index in [1.165, 1.54) is 67.0 Å². The zero-order valence-corrected chi connectivity index (χ0v) is 36.9. The number of alkyl halides is 2. The van der Waals surface area contributed by atoms with Gasteiger partial charge in [0.1, 0.15) is 28.5 Å². The van der Waals surface area contributed by atoms with Crippen molar-refractivity contribution in [2.45, 2.75) is 52.4 Å². The van der Waals surface area contributed by atoms with Crippen LogP contribution in [0.15, 0.2) is 110 Å². The van der Waals surface area contributed by atoms with Gasteiger partial charge in [0.2, 0.25) is 0 Å². The molecule has 0 fully saturated rings. The van der Waals surface area contributed by atoms with Crippen LogP contribution in [0.3, 0.4) is 0 Å². The largest absolute Gasteiger partial charge is 0.419 e. The molecule has 0 unspecified atom stereocenters. The van der Waals surface area contributed by atoms with Gasteiger partial charge in [-0.3, -0.25) is 28.3 Å². The van der Waals surface area contributed by atoms with Gasteiger partial charge in [-0.2, -0.15) is 19.0 Å². The molecule has 9 aromatic rings. The van der Waals surface area contributed by atoms with Crippen molar-refractivity contribution in [2.75, 3.05) is 0 Å². The van der Waals surface area contributed by atoms with E-state index in [0.717, 1.165) is 18.1 Å². The maximum Gasteiger partial charge on any atom is 0.419 e. The van der Waals surface area contributed by atoms with E-state index >= 15 is 0 Å². The minimum atomic E-state index is -3.12. The minimum Gasteiger partial charge on any atom is -0.408 e. The third-order valence-corrected chi connectivity index (χ3v) is 10.4. The summed E-state index contributed by atoms with van der Waals surface area (Å²) in [7, 11) is 3.20. The highest BCUT2D eigenvalue weighted by atomic mass is 19.3. The van der Waals surface area contributed by atoms with Gasteiger partial charge in [0, 0.05) is 64.4 Å². The molecule has 4 N–H and O–H groups in total. The number of nitrogens with one attached hydrogen (secondary N) is 4. The molecule has 68 heavy (non-hydrogen) atoms. The zero-order chi connectivity index (χ0) is 48.4. The predicted molar refractivity (Wildman–Crippen MR) is 239 cm³/mol. The lowest BCUT2D eigenvalue weighted by atomic mass is 10.2. The number of pyridine rings is 1. The summed E-state index contributed by atoms with van der Waals surface area (Å²) < 4.78 is 42.8. The first-order valence-electron chi connectivity index (χ1n) is 20.8. The lowest BCUT2D eigenvalue weighted by Crippen LogP contribution is -2.32. The summed E-state index contributed by atoms with van der Waals surface area (Å²) in [5.41, 5.74) is 4.47. The van der Waals surface area contributed by atoms with Crippen molar-refractivity contribution < 1.29 is 36.8 Å². The summed E-state index contributed by atoms with van der Waals surface area (Å²) in [5.74, 6) is -5.97. The van der Waals surface area contributed by atoms with Crippen molar-refractivity contribution in [2.24, 2.45) is 14.1 Å². The summed E-state index contributed by atoms with van der Waals surface area (Å²) in [6.45, 7) is 4.67. The summed E-state index contributed by atoms with van der Waals surface area (Å²) in [4.78, 5) is 86.9. The summed E-state index contributed by atoms with van der Waals surface area (Å²) in [6.07, 6.45) is 2.94. The molecule has 0 aliphatic carbocycles. The van der Waals surface area contributed by atoms with Gasteiger partial charge in [0.05, 0.1) is 35.7 Å². The van der Waals surface area contributed by atoms with Gasteiger partial charge in [-0.05, 0) is 61.4 Å². The zero-order valence-electron chi connectivity index (χ0n) is 36.9. The molecular formula is C45H41F2N13O8. The Labute approximate surface area is 381 Å². The average molecular weight is 930 g/mol. The Kier molecular flexibility index (Phi) is 12.5. The number of carbonyl (C=O) groups excluding carboxylic acids is 4. The molecule has 7 aromatic heterocycles. The Morgan fingerprint density at radius 3 is 1.60 bits per heavy atom. The maximum atomic E-state index is 13.6. The second-order valence-corrected chi connectivity index (χ2v) is 15.8. The highest BCUT2D eigenvalue weighted by Crippen LogP contribution is 2.25. The van der Waals surface area contributed by atoms with Crippen molar-refractivity contribution >= 4 is 57.1 Å². The van der Waals surface area contributed by atoms with Gasteiger partial charge in [-0.1, -0.05) is 18.2 Å². The number of halogens is 2. The summed E-state index contributed by atoms with van der Waals surface area (Å²) in [5, 5.41) is 19.1. The molecule has 4 amide bonds. The number of carbonyl (C=O) groups is 4. The molecular weight excluding hydrogens is 889 g/mol. The first-order chi connectivity index (χ1) is 32.4. The molecule has 0 spiro atoms. The number of rotatable bonds is 12. The number of nitrogens with zero attached hydrogens (tertiary/aromatic N) is 9. The smallest absolute Gasteiger partial charge is 0.408 e. The topological polar surface area (TPSA) is 260 Å². The highest BCUT2D eigenvalue weighted by molar-refractivity contribution is 5.99. The van der Waals surface area contributed by atoms with Crippen LogP contribution < -0.4 is 32.8 Å². The molecule has 0 aliphatic rings. The Balaban J connectivity index is 0.000000189. The molecule has 2 aromatic carbocycles. The third-order valence-electron chi connectivity index (χ3n) is 10.4. The Hall–Kier alpha value is -8.89. The molecule has 23 heteroatoms. The Morgan fingerprint density at radius 2 is 1.12 bits per heavy atom. The number of amides is 4. The van der Waals surface area contributed by atoms with E-state index in [1.54, 1.807) is 56.6 Å². The van der Waals surface area contributed by atoms with Gasteiger partial charge >= 0.3 is 11.5 Å². The standard InChI is InChI=1S/C25H21F2N7O4.C20H20N6O4/c1-25(26,27)20-5-3-4-15(31-20)13-29-23(36)18-11-16(32-21-8-9-30-34(18)21)22(35)28-12-14-6-7-19-17(10-14)33(2)24(37)38-19;1-11(2)23-19(28)15-9-13(24-17-6-7-22-26(15)17)18(27)21-10-12-4-5-16-14(8-12)25(3)20(29)30-16/h3-11H,12-13H2,1-2H3,(H,28,35)(H,29,36);4-9,11H,10H2,1-3H3,(H,21,27)(H,23,28). The highest BCUT2D eigenvalue weighted by Gasteiger charge is 2.26. The molecule has 0 radical (unpaired) electrons. The summed E-state index contributed by atoms with van der Waals surface area (Å²) in [6, 6.07) is 20.3. The third kappa shape index (κ3) is 9.71. The predicted octanol–water partition coefficient (Wildman–Crippen LogP) is 3.78. The van der Waals surface area contributed by atoms with Gasteiger partial charge in [-0.25, -0.2) is 33.6 Å². The second kappa shape index (κ2) is 18.5. The van der Waals surface area contributed by atoms with Crippen molar-refractivity contribution in [3.63, 3.8) is 0 Å². The van der Waals surface area contributed by atoms with E-state index in [-0.39, 0.29) is 65.7 Å². The molecule has 348 valence electrons. The average Bonchev–Trinajstić information content (AvgIpc) is 4.12. The SMILES string of the molecule is CC(C)NC(=O)c1cc(C(=O)NCc2ccc3oc(=O)n(C)c3c2)nc2ccnn12.Cn1c(=O)oc2ccc(CNC(=O)c3cc(C(=O)NCc4cccc(C(C)(F)F)n4)n4nccc4n3)cc21. The van der Waals surface area contributed by atoms with Crippen LogP contribution in [-0.2, 0) is 39.7 Å². The molecule has 7 heterocycles. The number of oxazole rings is 2. The van der Waals surface area contributed by atoms with Gasteiger partial charge in [0.15, 0.2) is 22.5 Å². The van der Waals surface area contributed by atoms with Crippen molar-refractivity contribution in [1.29, 1.82) is 0 Å². The normalized spacial score (nSPS) is 11.5. The van der Waals surface area contributed by atoms with Crippen LogP contribution >= 0.6 is 0 Å². The fraction of sp³-hybridized carbons (Fsp3) is 0.222. The number of hydrogen-bond acceptors (Lipinski definition) is 13. The van der Waals surface area contributed by atoms with E-state index in [2.05, 4.69) is 46.4 Å². The van der Waals surface area contributed by atoms with Crippen molar-refractivity contribution in [3.05, 3.63) is 158 Å². The number of fused-ring (bicyclic) bond motifs is 4. The lowest BCUT2D eigenvalue weighted by Gasteiger charge is -2.12. The van der Waals surface area contributed by atoms with Crippen LogP contribution in [-0.4, -0.2) is 73.0 Å². The lowest BCUT2D eigenvalue weighted by molar-refractivity contribution is 0.0125. The summed E-state index contributed by atoms with van der Waals surface area (Å²) >= 11 is 0. The monoisotopic (exact) mass is 929 g/mol. The van der Waals surface area contributed by atoms with Crippen LogP contribution in [0.1, 0.15) is 85.2 Å². The molecule has 0 bridgehead atoms. The van der Waals surface area contributed by atoms with Gasteiger partial charge < -0.3 is 30.1 Å². The molecule has 0 aliphatic heterocycles. The molecule has 0 saturated carbocycles. The van der Waals surface area contributed by atoms with Crippen LogP contribution in [0.25, 0.3) is 33.5 Å². The number of aryl methyl sites for hydroxylation is 2.